The highest BCUT2D eigenvalue weighted by molar-refractivity contribution is 7.99. The molecule has 1 aromatic carbocycles. The molecule has 14 heavy (non-hydrogen) atoms. The van der Waals surface area contributed by atoms with Crippen molar-refractivity contribution in [2.75, 3.05) is 6.26 Å². The SMILES string of the molecule is C=CC(SC)C(C)(O)c1ccccc1. The number of aliphatic hydroxyl groups is 1. The van der Waals surface area contributed by atoms with E-state index in [0.29, 0.717) is 0 Å². The van der Waals surface area contributed by atoms with Crippen LogP contribution in [0.15, 0.2) is 43.0 Å². The van der Waals surface area contributed by atoms with Crippen molar-refractivity contribution >= 4 is 11.8 Å². The second-order valence-corrected chi connectivity index (χ2v) is 4.38. The minimum Gasteiger partial charge on any atom is -0.384 e. The summed E-state index contributed by atoms with van der Waals surface area (Å²) in [4.78, 5) is 0. The quantitative estimate of drug-likeness (QED) is 0.768. The van der Waals surface area contributed by atoms with E-state index in [1.165, 1.54) is 0 Å². The Hall–Kier alpha value is -0.730. The fraction of sp³-hybridized carbons (Fsp3) is 0.333. The van der Waals surface area contributed by atoms with Crippen molar-refractivity contribution in [2.24, 2.45) is 0 Å². The Balaban J connectivity index is 3.00. The molecule has 1 N–H and O–H groups in total. The van der Waals surface area contributed by atoms with Crippen LogP contribution in [0.5, 0.6) is 0 Å². The monoisotopic (exact) mass is 208 g/mol. The van der Waals surface area contributed by atoms with Gasteiger partial charge in [-0.15, -0.1) is 6.58 Å². The van der Waals surface area contributed by atoms with Crippen molar-refractivity contribution in [3.05, 3.63) is 48.6 Å². The summed E-state index contributed by atoms with van der Waals surface area (Å²) in [5.74, 6) is 0. The molecular weight excluding hydrogens is 192 g/mol. The molecule has 2 unspecified atom stereocenters. The summed E-state index contributed by atoms with van der Waals surface area (Å²) in [5.41, 5.74) is 0.0850. The Labute approximate surface area is 89.8 Å². The molecule has 2 atom stereocenters. The van der Waals surface area contributed by atoms with E-state index in [9.17, 15) is 5.11 Å². The minimum absolute atomic E-state index is 0.0184. The van der Waals surface area contributed by atoms with Crippen LogP contribution in [-0.4, -0.2) is 16.6 Å². The third-order valence-electron chi connectivity index (χ3n) is 2.38. The van der Waals surface area contributed by atoms with Gasteiger partial charge in [0.1, 0.15) is 5.60 Å². The van der Waals surface area contributed by atoms with E-state index in [4.69, 9.17) is 0 Å². The maximum absolute atomic E-state index is 10.4. The van der Waals surface area contributed by atoms with Crippen molar-refractivity contribution in [1.29, 1.82) is 0 Å². The molecule has 2 heteroatoms. The smallest absolute Gasteiger partial charge is 0.102 e. The van der Waals surface area contributed by atoms with Crippen LogP contribution in [0.4, 0.5) is 0 Å². The van der Waals surface area contributed by atoms with E-state index in [-0.39, 0.29) is 5.25 Å². The van der Waals surface area contributed by atoms with Crippen molar-refractivity contribution in [2.45, 2.75) is 17.8 Å². The van der Waals surface area contributed by atoms with Gasteiger partial charge in [0.15, 0.2) is 0 Å². The highest BCUT2D eigenvalue weighted by atomic mass is 32.2. The molecular formula is C12H16OS. The van der Waals surface area contributed by atoms with E-state index in [0.717, 1.165) is 5.56 Å². The van der Waals surface area contributed by atoms with E-state index < -0.39 is 5.60 Å². The first-order chi connectivity index (χ1) is 6.62. The van der Waals surface area contributed by atoms with Gasteiger partial charge in [0, 0.05) is 0 Å². The topological polar surface area (TPSA) is 20.2 Å². The van der Waals surface area contributed by atoms with Crippen LogP contribution >= 0.6 is 11.8 Å². The largest absolute Gasteiger partial charge is 0.384 e. The average molecular weight is 208 g/mol. The molecule has 0 spiro atoms. The van der Waals surface area contributed by atoms with Crippen LogP contribution in [0.2, 0.25) is 0 Å². The summed E-state index contributed by atoms with van der Waals surface area (Å²) in [7, 11) is 0. The van der Waals surface area contributed by atoms with E-state index in [1.54, 1.807) is 17.8 Å². The van der Waals surface area contributed by atoms with Crippen molar-refractivity contribution in [1.82, 2.24) is 0 Å². The van der Waals surface area contributed by atoms with Crippen molar-refractivity contribution < 1.29 is 5.11 Å². The van der Waals surface area contributed by atoms with Crippen molar-refractivity contribution in [3.63, 3.8) is 0 Å². The molecule has 0 aliphatic rings. The molecule has 0 radical (unpaired) electrons. The zero-order valence-electron chi connectivity index (χ0n) is 8.60. The summed E-state index contributed by atoms with van der Waals surface area (Å²) in [6.07, 6.45) is 3.77. The molecule has 0 amide bonds. The Morgan fingerprint density at radius 1 is 1.43 bits per heavy atom. The van der Waals surface area contributed by atoms with Gasteiger partial charge in [-0.1, -0.05) is 36.4 Å². The van der Waals surface area contributed by atoms with Gasteiger partial charge in [0.2, 0.25) is 0 Å². The lowest BCUT2D eigenvalue weighted by Crippen LogP contribution is -2.32. The highest BCUT2D eigenvalue weighted by Crippen LogP contribution is 2.31. The molecule has 0 aromatic heterocycles. The van der Waals surface area contributed by atoms with E-state index in [1.807, 2.05) is 43.5 Å². The van der Waals surface area contributed by atoms with Crippen molar-refractivity contribution in [3.8, 4) is 0 Å². The number of hydrogen-bond acceptors (Lipinski definition) is 2. The lowest BCUT2D eigenvalue weighted by atomic mass is 9.92. The Morgan fingerprint density at radius 3 is 2.43 bits per heavy atom. The standard InChI is InChI=1S/C12H16OS/c1-4-11(14-3)12(2,13)10-8-6-5-7-9-10/h4-9,11,13H,1H2,2-3H3. The van der Waals surface area contributed by atoms with Gasteiger partial charge >= 0.3 is 0 Å². The maximum atomic E-state index is 10.4. The molecule has 0 saturated carbocycles. The fourth-order valence-corrected chi connectivity index (χ4v) is 2.28. The number of hydrogen-bond donors (Lipinski definition) is 1. The average Bonchev–Trinajstić information content (AvgIpc) is 2.20. The summed E-state index contributed by atoms with van der Waals surface area (Å²) >= 11 is 1.60. The van der Waals surface area contributed by atoms with Crippen LogP contribution in [0.25, 0.3) is 0 Å². The molecule has 0 heterocycles. The predicted molar refractivity (Wildman–Crippen MR) is 63.5 cm³/mol. The molecule has 0 fully saturated rings. The van der Waals surface area contributed by atoms with Crippen LogP contribution in [0, 0.1) is 0 Å². The third-order valence-corrected chi connectivity index (χ3v) is 3.54. The predicted octanol–water partition coefficient (Wildman–Crippen LogP) is 2.81. The maximum Gasteiger partial charge on any atom is 0.102 e. The first-order valence-electron chi connectivity index (χ1n) is 4.56. The summed E-state index contributed by atoms with van der Waals surface area (Å²) in [6.45, 7) is 5.57. The Morgan fingerprint density at radius 2 is 2.00 bits per heavy atom. The molecule has 1 aromatic rings. The second kappa shape index (κ2) is 4.67. The number of benzene rings is 1. The molecule has 0 bridgehead atoms. The molecule has 0 aliphatic carbocycles. The zero-order valence-corrected chi connectivity index (χ0v) is 9.42. The van der Waals surface area contributed by atoms with Gasteiger partial charge in [-0.2, -0.15) is 11.8 Å². The van der Waals surface area contributed by atoms with Gasteiger partial charge in [0.25, 0.3) is 0 Å². The van der Waals surface area contributed by atoms with Gasteiger partial charge in [-0.3, -0.25) is 0 Å². The fourth-order valence-electron chi connectivity index (χ4n) is 1.50. The third kappa shape index (κ3) is 2.20. The van der Waals surface area contributed by atoms with Crippen LogP contribution in [0.3, 0.4) is 0 Å². The first kappa shape index (κ1) is 11.3. The first-order valence-corrected chi connectivity index (χ1v) is 5.85. The normalized spacial score (nSPS) is 17.1. The Bertz CT molecular complexity index is 292. The lowest BCUT2D eigenvalue weighted by Gasteiger charge is -2.30. The van der Waals surface area contributed by atoms with E-state index >= 15 is 0 Å². The molecule has 0 saturated heterocycles. The minimum atomic E-state index is -0.845. The number of thioether (sulfide) groups is 1. The summed E-state index contributed by atoms with van der Waals surface area (Å²) in [6, 6.07) is 9.69. The summed E-state index contributed by atoms with van der Waals surface area (Å²) in [5, 5.41) is 10.4. The summed E-state index contributed by atoms with van der Waals surface area (Å²) < 4.78 is 0. The Kier molecular flexibility index (Phi) is 3.78. The van der Waals surface area contributed by atoms with Crippen LogP contribution in [0.1, 0.15) is 12.5 Å². The van der Waals surface area contributed by atoms with Gasteiger partial charge < -0.3 is 5.11 Å². The van der Waals surface area contributed by atoms with Gasteiger partial charge in [-0.05, 0) is 18.7 Å². The highest BCUT2D eigenvalue weighted by Gasteiger charge is 2.30. The lowest BCUT2D eigenvalue weighted by molar-refractivity contribution is 0.0663. The van der Waals surface area contributed by atoms with Crippen LogP contribution in [-0.2, 0) is 5.60 Å². The molecule has 1 nitrogen and oxygen atoms in total. The van der Waals surface area contributed by atoms with E-state index in [2.05, 4.69) is 6.58 Å². The second-order valence-electron chi connectivity index (χ2n) is 3.41. The van der Waals surface area contributed by atoms with Crippen LogP contribution < -0.4 is 0 Å². The molecule has 0 aliphatic heterocycles. The molecule has 76 valence electrons. The van der Waals surface area contributed by atoms with Gasteiger partial charge in [-0.25, -0.2) is 0 Å². The molecule has 1 rings (SSSR count). The number of rotatable bonds is 4. The van der Waals surface area contributed by atoms with Gasteiger partial charge in [0.05, 0.1) is 5.25 Å². The zero-order chi connectivity index (χ0) is 10.6.